The molecule has 0 aliphatic rings. The van der Waals surface area contributed by atoms with E-state index in [2.05, 4.69) is 15.4 Å². The molecule has 140 valence electrons. The number of pyridine rings is 1. The van der Waals surface area contributed by atoms with E-state index in [9.17, 15) is 4.79 Å². The number of nitrogens with one attached hydrogen (secondary N) is 1. The van der Waals surface area contributed by atoms with E-state index < -0.39 is 0 Å². The second-order valence-electron chi connectivity index (χ2n) is 7.01. The maximum atomic E-state index is 13.0. The number of hydrogen-bond acceptors (Lipinski definition) is 3. The molecule has 0 fully saturated rings. The van der Waals surface area contributed by atoms with Crippen LogP contribution >= 0.6 is 0 Å². The van der Waals surface area contributed by atoms with E-state index in [1.54, 1.807) is 0 Å². The third-order valence-electron chi connectivity index (χ3n) is 4.76. The van der Waals surface area contributed by atoms with Gasteiger partial charge in [0.15, 0.2) is 5.65 Å². The zero-order valence-corrected chi connectivity index (χ0v) is 16.2. The minimum Gasteiger partial charge on any atom is -0.348 e. The van der Waals surface area contributed by atoms with Crippen LogP contribution in [0.2, 0.25) is 0 Å². The van der Waals surface area contributed by atoms with E-state index in [-0.39, 0.29) is 5.91 Å². The van der Waals surface area contributed by atoms with Crippen LogP contribution in [-0.4, -0.2) is 20.7 Å². The van der Waals surface area contributed by atoms with Crippen molar-refractivity contribution in [2.45, 2.75) is 27.3 Å². The topological polar surface area (TPSA) is 59.8 Å². The van der Waals surface area contributed by atoms with Gasteiger partial charge in [0.25, 0.3) is 5.91 Å². The first-order valence-electron chi connectivity index (χ1n) is 9.29. The molecule has 1 amide bonds. The van der Waals surface area contributed by atoms with Gasteiger partial charge in [0.05, 0.1) is 22.3 Å². The van der Waals surface area contributed by atoms with Crippen molar-refractivity contribution < 1.29 is 4.79 Å². The molecular weight excluding hydrogens is 348 g/mol. The van der Waals surface area contributed by atoms with Crippen LogP contribution in [0.15, 0.2) is 60.7 Å². The summed E-state index contributed by atoms with van der Waals surface area (Å²) in [6, 6.07) is 19.8. The molecule has 1 N–H and O–H groups in total. The number of rotatable bonds is 4. The first kappa shape index (κ1) is 17.9. The van der Waals surface area contributed by atoms with E-state index >= 15 is 0 Å². The number of benzene rings is 2. The average Bonchev–Trinajstić information content (AvgIpc) is 3.03. The van der Waals surface area contributed by atoms with Gasteiger partial charge < -0.3 is 5.32 Å². The summed E-state index contributed by atoms with van der Waals surface area (Å²) in [5, 5.41) is 8.47. The van der Waals surface area contributed by atoms with E-state index in [4.69, 9.17) is 0 Å². The summed E-state index contributed by atoms with van der Waals surface area (Å²) < 4.78 is 1.81. The predicted molar refractivity (Wildman–Crippen MR) is 111 cm³/mol. The minimum atomic E-state index is -0.120. The van der Waals surface area contributed by atoms with Gasteiger partial charge in [-0.15, -0.1) is 0 Å². The van der Waals surface area contributed by atoms with Crippen molar-refractivity contribution >= 4 is 16.9 Å². The van der Waals surface area contributed by atoms with Crippen LogP contribution < -0.4 is 5.32 Å². The Hall–Kier alpha value is -3.47. The highest BCUT2D eigenvalue weighted by atomic mass is 16.1. The van der Waals surface area contributed by atoms with Crippen molar-refractivity contribution in [3.05, 3.63) is 88.7 Å². The van der Waals surface area contributed by atoms with Gasteiger partial charge in [-0.3, -0.25) is 4.79 Å². The molecule has 0 spiro atoms. The molecule has 28 heavy (non-hydrogen) atoms. The van der Waals surface area contributed by atoms with Crippen LogP contribution in [0.4, 0.5) is 0 Å². The normalized spacial score (nSPS) is 11.0. The molecule has 5 nitrogen and oxygen atoms in total. The standard InChI is InChI=1S/C23H22N4O/c1-15-9-11-19(12-10-15)27-22-21(17(3)26-27)20(13-16(2)25-22)23(28)24-14-18-7-5-4-6-8-18/h4-13H,14H2,1-3H3,(H,24,28). The highest BCUT2D eigenvalue weighted by Crippen LogP contribution is 2.25. The van der Waals surface area contributed by atoms with Crippen molar-refractivity contribution in [2.75, 3.05) is 0 Å². The van der Waals surface area contributed by atoms with E-state index in [1.165, 1.54) is 5.56 Å². The number of fused-ring (bicyclic) bond motifs is 1. The molecule has 0 radical (unpaired) electrons. The lowest BCUT2D eigenvalue weighted by atomic mass is 10.1. The lowest BCUT2D eigenvalue weighted by molar-refractivity contribution is 0.0952. The fraction of sp³-hybridized carbons (Fsp3) is 0.174. The van der Waals surface area contributed by atoms with E-state index in [0.717, 1.165) is 28.0 Å². The molecule has 2 heterocycles. The van der Waals surface area contributed by atoms with Gasteiger partial charge in [0.2, 0.25) is 0 Å². The van der Waals surface area contributed by atoms with Gasteiger partial charge in [-0.25, -0.2) is 9.67 Å². The molecule has 0 saturated carbocycles. The van der Waals surface area contributed by atoms with Gasteiger partial charge >= 0.3 is 0 Å². The van der Waals surface area contributed by atoms with Gasteiger partial charge in [0.1, 0.15) is 0 Å². The molecule has 0 aliphatic heterocycles. The predicted octanol–water partition coefficient (Wildman–Crippen LogP) is 4.28. The van der Waals surface area contributed by atoms with Crippen molar-refractivity contribution in [2.24, 2.45) is 0 Å². The number of aromatic nitrogens is 3. The summed E-state index contributed by atoms with van der Waals surface area (Å²) in [5.41, 5.74) is 6.04. The molecule has 0 aliphatic carbocycles. The second-order valence-corrected chi connectivity index (χ2v) is 7.01. The van der Waals surface area contributed by atoms with Gasteiger partial charge in [-0.05, 0) is 44.5 Å². The summed E-state index contributed by atoms with van der Waals surface area (Å²) in [5.74, 6) is -0.120. The number of aryl methyl sites for hydroxylation is 3. The maximum absolute atomic E-state index is 13.0. The fourth-order valence-electron chi connectivity index (χ4n) is 3.33. The van der Waals surface area contributed by atoms with Gasteiger partial charge in [-0.1, -0.05) is 48.0 Å². The molecule has 5 heteroatoms. The maximum Gasteiger partial charge on any atom is 0.252 e. The van der Waals surface area contributed by atoms with Gasteiger partial charge in [-0.2, -0.15) is 5.10 Å². The Labute approximate surface area is 164 Å². The number of carbonyl (C=O) groups excluding carboxylic acids is 1. The summed E-state index contributed by atoms with van der Waals surface area (Å²) in [6.45, 7) is 6.34. The van der Waals surface area contributed by atoms with Crippen molar-refractivity contribution in [3.63, 3.8) is 0 Å². The first-order chi connectivity index (χ1) is 13.5. The number of nitrogens with zero attached hydrogens (tertiary/aromatic N) is 3. The van der Waals surface area contributed by atoms with Crippen LogP contribution in [0, 0.1) is 20.8 Å². The number of carbonyl (C=O) groups is 1. The summed E-state index contributed by atoms with van der Waals surface area (Å²) in [4.78, 5) is 17.6. The second kappa shape index (κ2) is 7.27. The lowest BCUT2D eigenvalue weighted by Crippen LogP contribution is -2.23. The first-order valence-corrected chi connectivity index (χ1v) is 9.29. The third-order valence-corrected chi connectivity index (χ3v) is 4.76. The molecule has 4 aromatic rings. The zero-order valence-electron chi connectivity index (χ0n) is 16.2. The molecule has 0 atom stereocenters. The number of hydrogen-bond donors (Lipinski definition) is 1. The Bertz CT molecular complexity index is 1140. The minimum absolute atomic E-state index is 0.120. The van der Waals surface area contributed by atoms with Gasteiger partial charge in [0, 0.05) is 12.2 Å². The Balaban J connectivity index is 1.75. The monoisotopic (exact) mass is 370 g/mol. The summed E-state index contributed by atoms with van der Waals surface area (Å²) in [7, 11) is 0. The van der Waals surface area contributed by atoms with Crippen LogP contribution in [0.25, 0.3) is 16.7 Å². The Morgan fingerprint density at radius 3 is 2.43 bits per heavy atom. The SMILES string of the molecule is Cc1ccc(-n2nc(C)c3c(C(=O)NCc4ccccc4)cc(C)nc32)cc1. The zero-order chi connectivity index (χ0) is 19.7. The van der Waals surface area contributed by atoms with Crippen molar-refractivity contribution in [1.82, 2.24) is 20.1 Å². The van der Waals surface area contributed by atoms with E-state index in [0.29, 0.717) is 17.8 Å². The molecule has 4 rings (SSSR count). The average molecular weight is 370 g/mol. The van der Waals surface area contributed by atoms with Crippen LogP contribution in [-0.2, 0) is 6.54 Å². The summed E-state index contributed by atoms with van der Waals surface area (Å²) in [6.07, 6.45) is 0. The Morgan fingerprint density at radius 2 is 1.71 bits per heavy atom. The molecule has 0 saturated heterocycles. The molecule has 0 bridgehead atoms. The van der Waals surface area contributed by atoms with Crippen LogP contribution in [0.5, 0.6) is 0 Å². The molecule has 2 aromatic carbocycles. The largest absolute Gasteiger partial charge is 0.348 e. The third kappa shape index (κ3) is 3.39. The quantitative estimate of drug-likeness (QED) is 0.583. The van der Waals surface area contributed by atoms with Crippen LogP contribution in [0.1, 0.15) is 32.9 Å². The van der Waals surface area contributed by atoms with Crippen molar-refractivity contribution in [3.8, 4) is 5.69 Å². The lowest BCUT2D eigenvalue weighted by Gasteiger charge is -2.09. The smallest absolute Gasteiger partial charge is 0.252 e. The highest BCUT2D eigenvalue weighted by Gasteiger charge is 2.19. The summed E-state index contributed by atoms with van der Waals surface area (Å²) >= 11 is 0. The molecular formula is C23H22N4O. The Kier molecular flexibility index (Phi) is 4.65. The highest BCUT2D eigenvalue weighted by molar-refractivity contribution is 6.06. The molecule has 2 aromatic heterocycles. The fourth-order valence-corrected chi connectivity index (χ4v) is 3.33. The Morgan fingerprint density at radius 1 is 1.00 bits per heavy atom. The van der Waals surface area contributed by atoms with E-state index in [1.807, 2.05) is 86.1 Å². The molecule has 0 unspecified atom stereocenters. The van der Waals surface area contributed by atoms with Crippen molar-refractivity contribution in [1.29, 1.82) is 0 Å². The number of amides is 1. The van der Waals surface area contributed by atoms with Crippen LogP contribution in [0.3, 0.4) is 0 Å².